The molecule has 3 heteroatoms. The summed E-state index contributed by atoms with van der Waals surface area (Å²) in [5, 5.41) is 0. The van der Waals surface area contributed by atoms with Gasteiger partial charge in [-0.25, -0.2) is 0 Å². The minimum Gasteiger partial charge on any atom is -0.344 e. The van der Waals surface area contributed by atoms with Crippen LogP contribution in [0.5, 0.6) is 0 Å². The lowest BCUT2D eigenvalue weighted by Crippen LogP contribution is -2.06. The van der Waals surface area contributed by atoms with Crippen molar-refractivity contribution in [2.45, 2.75) is 32.1 Å². The fourth-order valence-corrected chi connectivity index (χ4v) is 1.27. The van der Waals surface area contributed by atoms with Crippen LogP contribution in [0.25, 0.3) is 0 Å². The fourth-order valence-electron chi connectivity index (χ4n) is 1.27. The van der Waals surface area contributed by atoms with Crippen LogP contribution in [0.1, 0.15) is 32.1 Å². The van der Waals surface area contributed by atoms with E-state index in [4.69, 9.17) is 0 Å². The van der Waals surface area contributed by atoms with Gasteiger partial charge in [0.1, 0.15) is 6.29 Å². The van der Waals surface area contributed by atoms with Gasteiger partial charge in [0.15, 0.2) is 0 Å². The highest BCUT2D eigenvalue weighted by molar-refractivity contribution is 5.53. The van der Waals surface area contributed by atoms with Gasteiger partial charge in [0.2, 0.25) is 0 Å². The molecule has 1 aliphatic carbocycles. The molecule has 1 fully saturated rings. The Morgan fingerprint density at radius 1 is 1.00 bits per heavy atom. The molecule has 1 rings (SSSR count). The van der Waals surface area contributed by atoms with Gasteiger partial charge in [-0.05, 0) is 12.8 Å². The minimum atomic E-state index is 0. The predicted molar refractivity (Wildman–Crippen MR) is 42.7 cm³/mol. The average Bonchev–Trinajstić information content (AvgIpc) is 1.90. The molecule has 0 aliphatic heterocycles. The Morgan fingerprint density at radius 2 is 1.50 bits per heavy atom. The molecule has 0 aromatic carbocycles. The molecule has 6 N–H and O–H groups in total. The summed E-state index contributed by atoms with van der Waals surface area (Å²) in [5.74, 6) is 0.406. The molecule has 0 heterocycles. The summed E-state index contributed by atoms with van der Waals surface area (Å²) < 4.78 is 0. The van der Waals surface area contributed by atoms with Crippen LogP contribution in [-0.2, 0) is 4.79 Å². The Balaban J connectivity index is 0. The lowest BCUT2D eigenvalue weighted by atomic mass is 9.91. The molecule has 62 valence electrons. The van der Waals surface area contributed by atoms with Crippen molar-refractivity contribution in [3.63, 3.8) is 0 Å². The molecule has 0 spiro atoms. The first-order chi connectivity index (χ1) is 3.93. The van der Waals surface area contributed by atoms with Gasteiger partial charge in [-0.15, -0.1) is 0 Å². The van der Waals surface area contributed by atoms with E-state index < -0.39 is 0 Å². The summed E-state index contributed by atoms with van der Waals surface area (Å²) in [6.45, 7) is 0. The van der Waals surface area contributed by atoms with Crippen molar-refractivity contribution < 1.29 is 4.79 Å². The second-order valence-corrected chi connectivity index (χ2v) is 2.53. The zero-order valence-corrected chi connectivity index (χ0v) is 6.51. The Labute approximate surface area is 62.4 Å². The molecule has 10 heavy (non-hydrogen) atoms. The summed E-state index contributed by atoms with van der Waals surface area (Å²) in [7, 11) is 0. The monoisotopic (exact) mass is 146 g/mol. The van der Waals surface area contributed by atoms with Crippen molar-refractivity contribution in [1.82, 2.24) is 12.3 Å². The summed E-state index contributed by atoms with van der Waals surface area (Å²) in [6.07, 6.45) is 7.27. The molecule has 0 unspecified atom stereocenters. The van der Waals surface area contributed by atoms with E-state index in [0.717, 1.165) is 19.1 Å². The third kappa shape index (κ3) is 3.58. The van der Waals surface area contributed by atoms with Crippen LogP contribution in [0.2, 0.25) is 0 Å². The van der Waals surface area contributed by atoms with E-state index in [0.29, 0.717) is 5.92 Å². The molecule has 0 radical (unpaired) electrons. The molecule has 0 amide bonds. The van der Waals surface area contributed by atoms with Crippen molar-refractivity contribution in [2.75, 3.05) is 0 Å². The highest BCUT2D eigenvalue weighted by Gasteiger charge is 2.10. The maximum Gasteiger partial charge on any atom is 0.123 e. The maximum absolute atomic E-state index is 10.2. The third-order valence-electron chi connectivity index (χ3n) is 1.84. The molecule has 1 saturated carbocycles. The highest BCUT2D eigenvalue weighted by atomic mass is 16.1. The SMILES string of the molecule is N.N.O=CC1CCCCC1. The molecular weight excluding hydrogens is 128 g/mol. The number of rotatable bonds is 1. The molecular formula is C7H18N2O. The Kier molecular flexibility index (Phi) is 8.24. The maximum atomic E-state index is 10.2. The quantitative estimate of drug-likeness (QED) is 0.555. The van der Waals surface area contributed by atoms with Crippen molar-refractivity contribution in [3.05, 3.63) is 0 Å². The number of hydrogen-bond donors (Lipinski definition) is 2. The van der Waals surface area contributed by atoms with Crippen molar-refractivity contribution in [3.8, 4) is 0 Å². The molecule has 0 aromatic heterocycles. The molecule has 0 atom stereocenters. The van der Waals surface area contributed by atoms with E-state index in [9.17, 15) is 4.79 Å². The van der Waals surface area contributed by atoms with Crippen LogP contribution in [0.4, 0.5) is 0 Å². The first kappa shape index (κ1) is 12.3. The second-order valence-electron chi connectivity index (χ2n) is 2.53. The van der Waals surface area contributed by atoms with E-state index >= 15 is 0 Å². The normalized spacial score (nSPS) is 18.4. The second kappa shape index (κ2) is 6.71. The molecule has 0 aromatic rings. The van der Waals surface area contributed by atoms with Gasteiger partial charge in [-0.2, -0.15) is 0 Å². The van der Waals surface area contributed by atoms with Crippen molar-refractivity contribution in [2.24, 2.45) is 5.92 Å². The summed E-state index contributed by atoms with van der Waals surface area (Å²) in [5.41, 5.74) is 0. The third-order valence-corrected chi connectivity index (χ3v) is 1.84. The minimum absolute atomic E-state index is 0. The van der Waals surface area contributed by atoms with Gasteiger partial charge in [-0.1, -0.05) is 19.3 Å². The lowest BCUT2D eigenvalue weighted by Gasteiger charge is -2.14. The van der Waals surface area contributed by atoms with Gasteiger partial charge in [0, 0.05) is 5.92 Å². The lowest BCUT2D eigenvalue weighted by molar-refractivity contribution is -0.111. The van der Waals surface area contributed by atoms with Crippen LogP contribution in [0.15, 0.2) is 0 Å². The van der Waals surface area contributed by atoms with Gasteiger partial charge in [-0.3, -0.25) is 0 Å². The standard InChI is InChI=1S/C7H12O.2H3N/c8-6-7-4-2-1-3-5-7;;/h6-7H,1-5H2;2*1H3. The zero-order chi connectivity index (χ0) is 5.82. The number of hydrogen-bond acceptors (Lipinski definition) is 3. The van der Waals surface area contributed by atoms with Gasteiger partial charge < -0.3 is 17.1 Å². The van der Waals surface area contributed by atoms with Gasteiger partial charge in [0.05, 0.1) is 0 Å². The van der Waals surface area contributed by atoms with Crippen molar-refractivity contribution in [1.29, 1.82) is 0 Å². The Hall–Kier alpha value is -0.410. The van der Waals surface area contributed by atoms with E-state index in [1.807, 2.05) is 0 Å². The van der Waals surface area contributed by atoms with Crippen LogP contribution >= 0.6 is 0 Å². The van der Waals surface area contributed by atoms with E-state index in [-0.39, 0.29) is 12.3 Å². The highest BCUT2D eigenvalue weighted by Crippen LogP contribution is 2.21. The Bertz CT molecular complexity index is 79.7. The summed E-state index contributed by atoms with van der Waals surface area (Å²) in [6, 6.07) is 0. The van der Waals surface area contributed by atoms with E-state index in [1.165, 1.54) is 19.3 Å². The zero-order valence-electron chi connectivity index (χ0n) is 6.51. The van der Waals surface area contributed by atoms with E-state index in [1.54, 1.807) is 0 Å². The van der Waals surface area contributed by atoms with Crippen LogP contribution in [0, 0.1) is 5.92 Å². The molecule has 1 aliphatic rings. The fraction of sp³-hybridized carbons (Fsp3) is 0.857. The topological polar surface area (TPSA) is 87.1 Å². The number of carbonyl (C=O) groups excluding carboxylic acids is 1. The van der Waals surface area contributed by atoms with E-state index in [2.05, 4.69) is 0 Å². The van der Waals surface area contributed by atoms with Crippen LogP contribution in [0.3, 0.4) is 0 Å². The average molecular weight is 146 g/mol. The Morgan fingerprint density at radius 3 is 1.80 bits per heavy atom. The summed E-state index contributed by atoms with van der Waals surface area (Å²) >= 11 is 0. The first-order valence-corrected chi connectivity index (χ1v) is 3.39. The molecule has 3 nitrogen and oxygen atoms in total. The van der Waals surface area contributed by atoms with Crippen molar-refractivity contribution >= 4 is 6.29 Å². The first-order valence-electron chi connectivity index (χ1n) is 3.39. The smallest absolute Gasteiger partial charge is 0.123 e. The van der Waals surface area contributed by atoms with Crippen LogP contribution < -0.4 is 12.3 Å². The number of carbonyl (C=O) groups is 1. The predicted octanol–water partition coefficient (Wildman–Crippen LogP) is 2.09. The van der Waals surface area contributed by atoms with Crippen LogP contribution in [-0.4, -0.2) is 6.29 Å². The number of aldehydes is 1. The van der Waals surface area contributed by atoms with Gasteiger partial charge >= 0.3 is 0 Å². The molecule has 0 saturated heterocycles. The molecule has 0 bridgehead atoms. The summed E-state index contributed by atoms with van der Waals surface area (Å²) in [4.78, 5) is 10.2. The largest absolute Gasteiger partial charge is 0.344 e. The van der Waals surface area contributed by atoms with Gasteiger partial charge in [0.25, 0.3) is 0 Å².